The second-order valence-electron chi connectivity index (χ2n) is 4.29. The van der Waals surface area contributed by atoms with Crippen molar-refractivity contribution < 1.29 is 9.18 Å². The highest BCUT2D eigenvalue weighted by Crippen LogP contribution is 2.23. The van der Waals surface area contributed by atoms with E-state index in [-0.39, 0.29) is 11.6 Å². The summed E-state index contributed by atoms with van der Waals surface area (Å²) in [5.74, 6) is -0.806. The Kier molecular flexibility index (Phi) is 7.54. The van der Waals surface area contributed by atoms with E-state index in [1.807, 2.05) is 44.2 Å². The van der Waals surface area contributed by atoms with Crippen molar-refractivity contribution in [1.82, 2.24) is 0 Å². The second kappa shape index (κ2) is 9.15. The van der Waals surface area contributed by atoms with Crippen molar-refractivity contribution in [3.8, 4) is 0 Å². The summed E-state index contributed by atoms with van der Waals surface area (Å²) < 4.78 is 14.1. The zero-order chi connectivity index (χ0) is 16.5. The lowest BCUT2D eigenvalue weighted by Gasteiger charge is -2.07. The molecule has 0 heterocycles. The van der Waals surface area contributed by atoms with Crippen molar-refractivity contribution in [2.45, 2.75) is 20.8 Å². The van der Waals surface area contributed by atoms with Gasteiger partial charge in [0.15, 0.2) is 5.82 Å². The number of hydrogen-bond donors (Lipinski definition) is 1. The average Bonchev–Trinajstić information content (AvgIpc) is 2.54. The van der Waals surface area contributed by atoms with E-state index in [2.05, 4.69) is 21.2 Å². The Hall–Kier alpha value is -1.94. The van der Waals surface area contributed by atoms with E-state index >= 15 is 0 Å². The summed E-state index contributed by atoms with van der Waals surface area (Å²) in [5, 5.41) is 2.56. The van der Waals surface area contributed by atoms with Crippen molar-refractivity contribution in [1.29, 1.82) is 0 Å². The van der Waals surface area contributed by atoms with Crippen LogP contribution in [0.5, 0.6) is 0 Å². The Morgan fingerprint density at radius 3 is 2.36 bits per heavy atom. The predicted octanol–water partition coefficient (Wildman–Crippen LogP) is 5.66. The minimum absolute atomic E-state index is 0.158. The maximum absolute atomic E-state index is 13.8. The molecule has 0 fully saturated rings. The highest BCUT2D eigenvalue weighted by Gasteiger charge is 2.10. The average molecular weight is 364 g/mol. The topological polar surface area (TPSA) is 29.1 Å². The lowest BCUT2D eigenvalue weighted by Crippen LogP contribution is -2.13. The van der Waals surface area contributed by atoms with Crippen LogP contribution in [0, 0.1) is 5.82 Å². The maximum Gasteiger partial charge on any atom is 0.251 e. The first-order valence-electron chi connectivity index (χ1n) is 7.06. The molecular weight excluding hydrogens is 345 g/mol. The molecule has 1 amide bonds. The number of hydrogen-bond acceptors (Lipinski definition) is 1. The van der Waals surface area contributed by atoms with Gasteiger partial charge in [0, 0.05) is 5.57 Å². The number of carbonyl (C=O) groups excluding carboxylic acids is 1. The van der Waals surface area contributed by atoms with Crippen molar-refractivity contribution in [2.24, 2.45) is 0 Å². The Labute approximate surface area is 139 Å². The first kappa shape index (κ1) is 18.1. The fourth-order valence-corrected chi connectivity index (χ4v) is 2.05. The molecule has 2 aromatic carbocycles. The molecule has 4 heteroatoms. The molecule has 2 nitrogen and oxygen atoms in total. The zero-order valence-electron chi connectivity index (χ0n) is 12.9. The standard InChI is InChI=1S/C16H13BrFNO.C2H6/c1-11(10-12-6-3-2-4-7-12)16(20)19-14-9-5-8-13(17)15(14)18;1-2/h2-10H,1H3,(H,19,20);1-2H3/b11-10+;. The van der Waals surface area contributed by atoms with E-state index in [1.54, 1.807) is 25.1 Å². The van der Waals surface area contributed by atoms with Crippen LogP contribution in [0.25, 0.3) is 6.08 Å². The molecule has 22 heavy (non-hydrogen) atoms. The Morgan fingerprint density at radius 2 is 1.73 bits per heavy atom. The van der Waals surface area contributed by atoms with Gasteiger partial charge in [-0.3, -0.25) is 4.79 Å². The van der Waals surface area contributed by atoms with Crippen LogP contribution in [0.15, 0.2) is 58.6 Å². The molecule has 2 rings (SSSR count). The molecule has 0 aliphatic carbocycles. The van der Waals surface area contributed by atoms with Gasteiger partial charge in [-0.15, -0.1) is 0 Å². The van der Waals surface area contributed by atoms with Crippen LogP contribution in [-0.4, -0.2) is 5.91 Å². The SMILES string of the molecule is C/C(=C\c1ccccc1)C(=O)Nc1cccc(Br)c1F.CC. The molecule has 0 atom stereocenters. The van der Waals surface area contributed by atoms with Gasteiger partial charge in [0.05, 0.1) is 10.2 Å². The minimum Gasteiger partial charge on any atom is -0.320 e. The lowest BCUT2D eigenvalue weighted by atomic mass is 10.1. The van der Waals surface area contributed by atoms with Gasteiger partial charge in [0.25, 0.3) is 5.91 Å². The first-order chi connectivity index (χ1) is 10.6. The van der Waals surface area contributed by atoms with E-state index in [9.17, 15) is 9.18 Å². The van der Waals surface area contributed by atoms with Crippen molar-refractivity contribution in [3.05, 3.63) is 70.0 Å². The molecule has 0 aliphatic rings. The first-order valence-corrected chi connectivity index (χ1v) is 7.86. The summed E-state index contributed by atoms with van der Waals surface area (Å²) in [6.45, 7) is 5.69. The molecule has 0 spiro atoms. The smallest absolute Gasteiger partial charge is 0.251 e. The second-order valence-corrected chi connectivity index (χ2v) is 5.15. The van der Waals surface area contributed by atoms with Gasteiger partial charge in [-0.05, 0) is 46.6 Å². The number of anilines is 1. The van der Waals surface area contributed by atoms with Crippen LogP contribution in [0.3, 0.4) is 0 Å². The molecule has 0 saturated heterocycles. The highest BCUT2D eigenvalue weighted by molar-refractivity contribution is 9.10. The third kappa shape index (κ3) is 5.11. The van der Waals surface area contributed by atoms with Crippen LogP contribution in [0.4, 0.5) is 10.1 Å². The largest absolute Gasteiger partial charge is 0.320 e. The van der Waals surface area contributed by atoms with Gasteiger partial charge >= 0.3 is 0 Å². The van der Waals surface area contributed by atoms with Crippen LogP contribution < -0.4 is 5.32 Å². The lowest BCUT2D eigenvalue weighted by molar-refractivity contribution is -0.112. The van der Waals surface area contributed by atoms with Gasteiger partial charge in [-0.25, -0.2) is 4.39 Å². The number of benzene rings is 2. The quantitative estimate of drug-likeness (QED) is 0.700. The molecule has 0 aromatic heterocycles. The van der Waals surface area contributed by atoms with Gasteiger partial charge in [0.2, 0.25) is 0 Å². The predicted molar refractivity (Wildman–Crippen MR) is 94.2 cm³/mol. The van der Waals surface area contributed by atoms with Gasteiger partial charge in [-0.1, -0.05) is 50.2 Å². The maximum atomic E-state index is 13.8. The fourth-order valence-electron chi connectivity index (χ4n) is 1.69. The summed E-state index contributed by atoms with van der Waals surface area (Å²) in [6, 6.07) is 14.3. The number of halogens is 2. The van der Waals surface area contributed by atoms with Gasteiger partial charge in [-0.2, -0.15) is 0 Å². The Bertz CT molecular complexity index is 653. The van der Waals surface area contributed by atoms with E-state index < -0.39 is 5.82 Å². The third-order valence-electron chi connectivity index (χ3n) is 2.74. The number of rotatable bonds is 3. The minimum atomic E-state index is -0.478. The fraction of sp³-hybridized carbons (Fsp3) is 0.167. The molecule has 0 radical (unpaired) electrons. The molecule has 116 valence electrons. The Morgan fingerprint density at radius 1 is 1.09 bits per heavy atom. The van der Waals surface area contributed by atoms with Gasteiger partial charge in [0.1, 0.15) is 0 Å². The molecule has 0 aliphatic heterocycles. The normalized spacial score (nSPS) is 10.5. The molecular formula is C18H19BrFNO. The summed E-state index contributed by atoms with van der Waals surface area (Å²) >= 11 is 3.09. The Balaban J connectivity index is 0.00000116. The van der Waals surface area contributed by atoms with E-state index in [0.717, 1.165) is 5.56 Å². The monoisotopic (exact) mass is 363 g/mol. The summed E-state index contributed by atoms with van der Waals surface area (Å²) in [7, 11) is 0. The zero-order valence-corrected chi connectivity index (χ0v) is 14.4. The van der Waals surface area contributed by atoms with Crippen LogP contribution in [0.2, 0.25) is 0 Å². The summed E-state index contributed by atoms with van der Waals surface area (Å²) in [5.41, 5.74) is 1.59. The molecule has 0 unspecified atom stereocenters. The molecule has 0 bridgehead atoms. The van der Waals surface area contributed by atoms with Crippen molar-refractivity contribution in [3.63, 3.8) is 0 Å². The van der Waals surface area contributed by atoms with Crippen molar-refractivity contribution >= 4 is 33.6 Å². The summed E-state index contributed by atoms with van der Waals surface area (Å²) in [6.07, 6.45) is 1.76. The van der Waals surface area contributed by atoms with Crippen molar-refractivity contribution in [2.75, 3.05) is 5.32 Å². The third-order valence-corrected chi connectivity index (χ3v) is 3.35. The van der Waals surface area contributed by atoms with E-state index in [4.69, 9.17) is 0 Å². The molecule has 0 saturated carbocycles. The summed E-state index contributed by atoms with van der Waals surface area (Å²) in [4.78, 5) is 12.0. The molecule has 2 aromatic rings. The van der Waals surface area contributed by atoms with Gasteiger partial charge < -0.3 is 5.32 Å². The highest BCUT2D eigenvalue weighted by atomic mass is 79.9. The number of carbonyl (C=O) groups is 1. The van der Waals surface area contributed by atoms with Crippen LogP contribution >= 0.6 is 15.9 Å². The van der Waals surface area contributed by atoms with E-state index in [1.165, 1.54) is 6.07 Å². The molecule has 1 N–H and O–H groups in total. The van der Waals surface area contributed by atoms with Crippen LogP contribution in [-0.2, 0) is 4.79 Å². The number of amides is 1. The van der Waals surface area contributed by atoms with E-state index in [0.29, 0.717) is 10.0 Å². The number of nitrogens with one attached hydrogen (secondary N) is 1. The van der Waals surface area contributed by atoms with Crippen LogP contribution in [0.1, 0.15) is 26.3 Å².